The molecule has 94 valence electrons. The highest BCUT2D eigenvalue weighted by atomic mass is 15.1. The third kappa shape index (κ3) is 3.19. The van der Waals surface area contributed by atoms with Gasteiger partial charge in [0.25, 0.3) is 0 Å². The Balaban J connectivity index is 1.95. The van der Waals surface area contributed by atoms with Crippen LogP contribution in [0.4, 0.5) is 5.69 Å². The van der Waals surface area contributed by atoms with Crippen molar-refractivity contribution >= 4 is 5.69 Å². The Hall–Kier alpha value is -1.09. The summed E-state index contributed by atoms with van der Waals surface area (Å²) in [6.45, 7) is 4.12. The average Bonchev–Trinajstić information content (AvgIpc) is 2.27. The van der Waals surface area contributed by atoms with Gasteiger partial charge in [-0.3, -0.25) is 4.98 Å². The molecule has 0 aromatic carbocycles. The number of nitrogens with one attached hydrogen (secondary N) is 1. The predicted molar refractivity (Wildman–Crippen MR) is 72.3 cm³/mol. The van der Waals surface area contributed by atoms with E-state index in [0.717, 1.165) is 24.8 Å². The second kappa shape index (κ2) is 6.01. The molecule has 0 unspecified atom stereocenters. The van der Waals surface area contributed by atoms with Crippen LogP contribution in [0.25, 0.3) is 0 Å². The molecule has 1 aliphatic carbocycles. The lowest BCUT2D eigenvalue weighted by molar-refractivity contribution is 0.401. The molecule has 0 bridgehead atoms. The van der Waals surface area contributed by atoms with E-state index in [0.29, 0.717) is 0 Å². The maximum atomic E-state index is 4.41. The van der Waals surface area contributed by atoms with Crippen LogP contribution in [0.5, 0.6) is 0 Å². The van der Waals surface area contributed by atoms with Crippen molar-refractivity contribution in [3.05, 3.63) is 24.0 Å². The largest absolute Gasteiger partial charge is 0.372 e. The first-order valence-corrected chi connectivity index (χ1v) is 6.69. The van der Waals surface area contributed by atoms with Gasteiger partial charge in [0.2, 0.25) is 0 Å². The van der Waals surface area contributed by atoms with E-state index in [1.54, 1.807) is 0 Å². The van der Waals surface area contributed by atoms with Gasteiger partial charge in [0, 0.05) is 31.5 Å². The second-order valence-corrected chi connectivity index (χ2v) is 4.88. The lowest BCUT2D eigenvalue weighted by Crippen LogP contribution is -2.37. The van der Waals surface area contributed by atoms with E-state index in [1.807, 2.05) is 6.20 Å². The quantitative estimate of drug-likeness (QED) is 0.765. The van der Waals surface area contributed by atoms with Crippen LogP contribution in [0.3, 0.4) is 0 Å². The molecule has 17 heavy (non-hydrogen) atoms. The van der Waals surface area contributed by atoms with Crippen LogP contribution < -0.4 is 10.2 Å². The minimum absolute atomic E-state index is 0.744. The van der Waals surface area contributed by atoms with E-state index in [9.17, 15) is 0 Å². The molecule has 3 nitrogen and oxygen atoms in total. The average molecular weight is 233 g/mol. The van der Waals surface area contributed by atoms with Crippen molar-refractivity contribution in [2.45, 2.75) is 45.2 Å². The van der Waals surface area contributed by atoms with Crippen LogP contribution in [-0.4, -0.2) is 24.6 Å². The van der Waals surface area contributed by atoms with Gasteiger partial charge in [-0.15, -0.1) is 0 Å². The Morgan fingerprint density at radius 2 is 2.29 bits per heavy atom. The Morgan fingerprint density at radius 3 is 2.94 bits per heavy atom. The summed E-state index contributed by atoms with van der Waals surface area (Å²) in [5, 5.41) is 3.39. The smallest absolute Gasteiger partial charge is 0.0562 e. The summed E-state index contributed by atoms with van der Waals surface area (Å²) in [7, 11) is 2.20. The number of aromatic nitrogens is 1. The molecule has 1 aromatic heterocycles. The third-order valence-electron chi connectivity index (χ3n) is 3.56. The molecule has 0 radical (unpaired) electrons. The van der Waals surface area contributed by atoms with Gasteiger partial charge in [-0.05, 0) is 44.4 Å². The Labute approximate surface area is 104 Å². The molecule has 0 aliphatic heterocycles. The van der Waals surface area contributed by atoms with Crippen LogP contribution >= 0.6 is 0 Å². The zero-order valence-electron chi connectivity index (χ0n) is 10.9. The van der Waals surface area contributed by atoms with Gasteiger partial charge >= 0.3 is 0 Å². The van der Waals surface area contributed by atoms with Gasteiger partial charge < -0.3 is 10.2 Å². The van der Waals surface area contributed by atoms with Crippen molar-refractivity contribution in [1.82, 2.24) is 10.3 Å². The van der Waals surface area contributed by atoms with Gasteiger partial charge in [-0.1, -0.05) is 6.92 Å². The number of hydrogen-bond donors (Lipinski definition) is 1. The molecule has 1 heterocycles. The highest BCUT2D eigenvalue weighted by Gasteiger charge is 2.22. The van der Waals surface area contributed by atoms with E-state index >= 15 is 0 Å². The zero-order valence-corrected chi connectivity index (χ0v) is 10.9. The van der Waals surface area contributed by atoms with Gasteiger partial charge in [0.05, 0.1) is 5.69 Å². The fraction of sp³-hybridized carbons (Fsp3) is 0.643. The summed E-state index contributed by atoms with van der Waals surface area (Å²) in [5.41, 5.74) is 2.44. The number of anilines is 1. The van der Waals surface area contributed by atoms with Crippen molar-refractivity contribution in [1.29, 1.82) is 0 Å². The lowest BCUT2D eigenvalue weighted by atomic mass is 9.91. The van der Waals surface area contributed by atoms with Crippen LogP contribution in [0.2, 0.25) is 0 Å². The summed E-state index contributed by atoms with van der Waals surface area (Å²) in [6.07, 6.45) is 7.14. The van der Waals surface area contributed by atoms with Crippen molar-refractivity contribution in [2.24, 2.45) is 0 Å². The maximum Gasteiger partial charge on any atom is 0.0562 e. The van der Waals surface area contributed by atoms with Crippen molar-refractivity contribution < 1.29 is 0 Å². The zero-order chi connectivity index (χ0) is 12.1. The predicted octanol–water partition coefficient (Wildman–Crippen LogP) is 2.57. The fourth-order valence-electron chi connectivity index (χ4n) is 2.16. The van der Waals surface area contributed by atoms with Gasteiger partial charge in [0.1, 0.15) is 0 Å². The summed E-state index contributed by atoms with van der Waals surface area (Å²) in [5.74, 6) is 0. The standard InChI is InChI=1S/C14H23N3/c1-3-8-15-11-12-10-14(7-9-16-12)17(2)13-5-4-6-13/h7,9-10,13,15H,3-6,8,11H2,1-2H3. The molecule has 0 saturated heterocycles. The lowest BCUT2D eigenvalue weighted by Gasteiger charge is -2.36. The van der Waals surface area contributed by atoms with E-state index in [4.69, 9.17) is 0 Å². The van der Waals surface area contributed by atoms with Crippen LogP contribution in [0.1, 0.15) is 38.3 Å². The molecule has 1 aromatic rings. The van der Waals surface area contributed by atoms with E-state index in [1.165, 1.54) is 31.4 Å². The monoisotopic (exact) mass is 233 g/mol. The SMILES string of the molecule is CCCNCc1cc(N(C)C2CCC2)ccn1. The molecule has 1 N–H and O–H groups in total. The summed E-state index contributed by atoms with van der Waals surface area (Å²) in [4.78, 5) is 6.80. The second-order valence-electron chi connectivity index (χ2n) is 4.88. The van der Waals surface area contributed by atoms with Crippen molar-refractivity contribution in [2.75, 3.05) is 18.5 Å². The molecule has 3 heteroatoms. The van der Waals surface area contributed by atoms with Gasteiger partial charge in [-0.25, -0.2) is 0 Å². The molecule has 2 rings (SSSR count). The number of rotatable bonds is 6. The molecule has 1 saturated carbocycles. The molecule has 0 atom stereocenters. The normalized spacial score (nSPS) is 15.6. The number of hydrogen-bond acceptors (Lipinski definition) is 3. The first kappa shape index (κ1) is 12.4. The Morgan fingerprint density at radius 1 is 1.47 bits per heavy atom. The Kier molecular flexibility index (Phi) is 4.37. The first-order valence-electron chi connectivity index (χ1n) is 6.69. The first-order chi connectivity index (χ1) is 8.31. The minimum atomic E-state index is 0.744. The molecular formula is C14H23N3. The van der Waals surface area contributed by atoms with E-state index in [2.05, 4.69) is 41.3 Å². The topological polar surface area (TPSA) is 28.2 Å². The number of nitrogens with zero attached hydrogens (tertiary/aromatic N) is 2. The maximum absolute atomic E-state index is 4.41. The van der Waals surface area contributed by atoms with Crippen LogP contribution in [0, 0.1) is 0 Å². The number of pyridine rings is 1. The van der Waals surface area contributed by atoms with E-state index < -0.39 is 0 Å². The summed E-state index contributed by atoms with van der Waals surface area (Å²) >= 11 is 0. The molecule has 1 aliphatic rings. The van der Waals surface area contributed by atoms with Crippen LogP contribution in [-0.2, 0) is 6.54 Å². The molecule has 0 amide bonds. The third-order valence-corrected chi connectivity index (χ3v) is 3.56. The molecule has 1 fully saturated rings. The van der Waals surface area contributed by atoms with Crippen molar-refractivity contribution in [3.8, 4) is 0 Å². The highest BCUT2D eigenvalue weighted by Crippen LogP contribution is 2.28. The summed E-state index contributed by atoms with van der Waals surface area (Å²) < 4.78 is 0. The molecular weight excluding hydrogens is 210 g/mol. The van der Waals surface area contributed by atoms with Crippen LogP contribution in [0.15, 0.2) is 18.3 Å². The molecule has 0 spiro atoms. The fourth-order valence-corrected chi connectivity index (χ4v) is 2.16. The highest BCUT2D eigenvalue weighted by molar-refractivity contribution is 5.47. The minimum Gasteiger partial charge on any atom is -0.372 e. The van der Waals surface area contributed by atoms with E-state index in [-0.39, 0.29) is 0 Å². The Bertz CT molecular complexity index is 347. The van der Waals surface area contributed by atoms with Gasteiger partial charge in [-0.2, -0.15) is 0 Å². The summed E-state index contributed by atoms with van der Waals surface area (Å²) in [6, 6.07) is 5.07. The van der Waals surface area contributed by atoms with Gasteiger partial charge in [0.15, 0.2) is 0 Å². The van der Waals surface area contributed by atoms with Crippen molar-refractivity contribution in [3.63, 3.8) is 0 Å².